The summed E-state index contributed by atoms with van der Waals surface area (Å²) >= 11 is 7.92. The molecule has 0 bridgehead atoms. The van der Waals surface area contributed by atoms with Gasteiger partial charge in [-0.2, -0.15) is 13.2 Å². The van der Waals surface area contributed by atoms with Crippen LogP contribution in [-0.4, -0.2) is 16.3 Å². The van der Waals surface area contributed by atoms with E-state index in [4.69, 9.17) is 11.6 Å². The number of aliphatic imine (C=N–C) groups is 1. The van der Waals surface area contributed by atoms with E-state index in [1.165, 1.54) is 12.3 Å². The molecule has 2 nitrogen and oxygen atoms in total. The van der Waals surface area contributed by atoms with Crippen molar-refractivity contribution in [2.24, 2.45) is 4.99 Å². The molecule has 0 amide bonds. The lowest BCUT2D eigenvalue weighted by Gasteiger charge is -2.03. The van der Waals surface area contributed by atoms with Crippen molar-refractivity contribution in [1.29, 1.82) is 0 Å². The monoisotopic (exact) mass is 286 g/mol. The highest BCUT2D eigenvalue weighted by atomic mass is 79.9. The number of hydrogen-bond donors (Lipinski definition) is 0. The minimum atomic E-state index is -4.64. The Bertz CT molecular complexity index is 364. The lowest BCUT2D eigenvalue weighted by Crippen LogP contribution is -2.16. The molecule has 0 aliphatic rings. The van der Waals surface area contributed by atoms with Crippen molar-refractivity contribution in [2.45, 2.75) is 6.18 Å². The van der Waals surface area contributed by atoms with Crippen LogP contribution in [0.25, 0.3) is 0 Å². The van der Waals surface area contributed by atoms with Crippen LogP contribution in [-0.2, 0) is 0 Å². The van der Waals surface area contributed by atoms with Gasteiger partial charge in [0.1, 0.15) is 0 Å². The first-order chi connectivity index (χ1) is 6.41. The summed E-state index contributed by atoms with van der Waals surface area (Å²) < 4.78 is 36.2. The Morgan fingerprint density at radius 2 is 2.14 bits per heavy atom. The van der Waals surface area contributed by atoms with E-state index in [1.807, 2.05) is 0 Å². The van der Waals surface area contributed by atoms with E-state index in [0.29, 0.717) is 4.47 Å². The smallest absolute Gasteiger partial charge is 0.236 e. The Balaban J connectivity index is 3.04. The van der Waals surface area contributed by atoms with Crippen LogP contribution in [0, 0.1) is 0 Å². The second-order valence-corrected chi connectivity index (χ2v) is 3.42. The molecular weight excluding hydrogens is 284 g/mol. The number of aromatic nitrogens is 1. The molecule has 0 atom stereocenters. The van der Waals surface area contributed by atoms with Gasteiger partial charge in [-0.1, -0.05) is 11.6 Å². The van der Waals surface area contributed by atoms with Gasteiger partial charge in [-0.05, 0) is 28.1 Å². The van der Waals surface area contributed by atoms with E-state index < -0.39 is 11.3 Å². The Kier molecular flexibility index (Phi) is 3.49. The van der Waals surface area contributed by atoms with Gasteiger partial charge in [-0.15, -0.1) is 0 Å². The Hall–Kier alpha value is -0.620. The highest BCUT2D eigenvalue weighted by Gasteiger charge is 2.34. The van der Waals surface area contributed by atoms with E-state index >= 15 is 0 Å². The molecular formula is C7H3BrClF3N2. The maximum Gasteiger partial charge on any atom is 0.444 e. The van der Waals surface area contributed by atoms with E-state index in [9.17, 15) is 13.2 Å². The zero-order valence-electron chi connectivity index (χ0n) is 6.52. The average molecular weight is 287 g/mol. The SMILES string of the molecule is FC(F)(F)C(Cl)=Nc1ncccc1Br. The van der Waals surface area contributed by atoms with Gasteiger partial charge in [0.05, 0.1) is 4.47 Å². The molecule has 0 radical (unpaired) electrons. The van der Waals surface area contributed by atoms with Crippen molar-refractivity contribution in [2.75, 3.05) is 0 Å². The molecule has 1 aromatic rings. The molecule has 0 spiro atoms. The summed E-state index contributed by atoms with van der Waals surface area (Å²) in [4.78, 5) is 6.74. The fourth-order valence-electron chi connectivity index (χ4n) is 0.616. The second-order valence-electron chi connectivity index (χ2n) is 2.21. The Morgan fingerprint density at radius 1 is 1.50 bits per heavy atom. The molecule has 0 saturated heterocycles. The maximum atomic E-state index is 12.0. The normalized spacial score (nSPS) is 13.1. The topological polar surface area (TPSA) is 25.2 Å². The fraction of sp³-hybridized carbons (Fsp3) is 0.143. The summed E-state index contributed by atoms with van der Waals surface area (Å²) in [6.45, 7) is 0. The predicted molar refractivity (Wildman–Crippen MR) is 50.9 cm³/mol. The van der Waals surface area contributed by atoms with Gasteiger partial charge >= 0.3 is 6.18 Å². The standard InChI is InChI=1S/C7H3BrClF3N2/c8-4-2-1-3-13-5(4)14-6(9)7(10,11)12/h1-3H. The van der Waals surface area contributed by atoms with Gasteiger partial charge < -0.3 is 0 Å². The number of pyridine rings is 1. The second kappa shape index (κ2) is 4.27. The number of halogens is 5. The van der Waals surface area contributed by atoms with Gasteiger partial charge in [0.15, 0.2) is 5.82 Å². The van der Waals surface area contributed by atoms with Crippen LogP contribution in [0.5, 0.6) is 0 Å². The molecule has 0 aromatic carbocycles. The van der Waals surface area contributed by atoms with Crippen molar-refractivity contribution >= 4 is 38.5 Å². The molecule has 7 heteroatoms. The molecule has 0 saturated carbocycles. The number of alkyl halides is 3. The Morgan fingerprint density at radius 3 is 2.64 bits per heavy atom. The largest absolute Gasteiger partial charge is 0.444 e. The summed E-state index contributed by atoms with van der Waals surface area (Å²) in [5.41, 5.74) is 0. The predicted octanol–water partition coefficient (Wildman–Crippen LogP) is 3.68. The fourth-order valence-corrected chi connectivity index (χ4v) is 1.04. The molecule has 0 N–H and O–H groups in total. The van der Waals surface area contributed by atoms with Crippen molar-refractivity contribution in [1.82, 2.24) is 4.98 Å². The van der Waals surface area contributed by atoms with Gasteiger partial charge in [-0.3, -0.25) is 0 Å². The van der Waals surface area contributed by atoms with Gasteiger partial charge in [0.25, 0.3) is 0 Å². The minimum Gasteiger partial charge on any atom is -0.236 e. The van der Waals surface area contributed by atoms with Crippen LogP contribution in [0.1, 0.15) is 0 Å². The molecule has 1 heterocycles. The molecule has 0 aliphatic carbocycles. The van der Waals surface area contributed by atoms with Crippen molar-refractivity contribution < 1.29 is 13.2 Å². The van der Waals surface area contributed by atoms with Crippen LogP contribution in [0.2, 0.25) is 0 Å². The molecule has 76 valence electrons. The van der Waals surface area contributed by atoms with Crippen LogP contribution < -0.4 is 0 Å². The number of nitrogens with zero attached hydrogens (tertiary/aromatic N) is 2. The summed E-state index contributed by atoms with van der Waals surface area (Å²) in [6.07, 6.45) is -3.32. The van der Waals surface area contributed by atoms with Crippen LogP contribution in [0.3, 0.4) is 0 Å². The van der Waals surface area contributed by atoms with Crippen LogP contribution in [0.15, 0.2) is 27.8 Å². The number of hydrogen-bond acceptors (Lipinski definition) is 2. The molecule has 0 aliphatic heterocycles. The van der Waals surface area contributed by atoms with Crippen LogP contribution in [0.4, 0.5) is 19.0 Å². The van der Waals surface area contributed by atoms with Crippen LogP contribution >= 0.6 is 27.5 Å². The van der Waals surface area contributed by atoms with E-state index in [1.54, 1.807) is 6.07 Å². The third-order valence-corrected chi connectivity index (χ3v) is 2.09. The highest BCUT2D eigenvalue weighted by molar-refractivity contribution is 9.10. The minimum absolute atomic E-state index is 0.102. The summed E-state index contributed by atoms with van der Waals surface area (Å²) in [7, 11) is 0. The maximum absolute atomic E-state index is 12.0. The summed E-state index contributed by atoms with van der Waals surface area (Å²) in [5.74, 6) is -0.102. The van der Waals surface area contributed by atoms with E-state index in [-0.39, 0.29) is 5.82 Å². The van der Waals surface area contributed by atoms with Crippen molar-refractivity contribution in [3.05, 3.63) is 22.8 Å². The zero-order valence-corrected chi connectivity index (χ0v) is 8.86. The Labute approximate surface area is 90.9 Å². The first-order valence-electron chi connectivity index (χ1n) is 3.33. The van der Waals surface area contributed by atoms with E-state index in [2.05, 4.69) is 25.9 Å². The lowest BCUT2D eigenvalue weighted by molar-refractivity contribution is -0.0558. The first-order valence-corrected chi connectivity index (χ1v) is 4.50. The lowest BCUT2D eigenvalue weighted by atomic mass is 10.5. The summed E-state index contributed by atoms with van der Waals surface area (Å²) in [6, 6.07) is 3.08. The average Bonchev–Trinajstić information content (AvgIpc) is 2.07. The summed E-state index contributed by atoms with van der Waals surface area (Å²) in [5, 5.41) is -1.45. The quantitative estimate of drug-likeness (QED) is 0.723. The third kappa shape index (κ3) is 2.95. The third-order valence-electron chi connectivity index (χ3n) is 1.18. The van der Waals surface area contributed by atoms with Crippen molar-refractivity contribution in [3.8, 4) is 0 Å². The molecule has 1 rings (SSSR count). The molecule has 0 unspecified atom stereocenters. The molecule has 1 aromatic heterocycles. The molecule has 0 fully saturated rings. The highest BCUT2D eigenvalue weighted by Crippen LogP contribution is 2.26. The zero-order chi connectivity index (χ0) is 10.8. The van der Waals surface area contributed by atoms with Gasteiger partial charge in [0.2, 0.25) is 5.17 Å². The molecule has 14 heavy (non-hydrogen) atoms. The van der Waals surface area contributed by atoms with Gasteiger partial charge in [0, 0.05) is 6.20 Å². The number of rotatable bonds is 1. The van der Waals surface area contributed by atoms with Gasteiger partial charge in [-0.25, -0.2) is 9.98 Å². The van der Waals surface area contributed by atoms with Crippen molar-refractivity contribution in [3.63, 3.8) is 0 Å². The van der Waals surface area contributed by atoms with E-state index in [0.717, 1.165) is 0 Å². The first kappa shape index (κ1) is 11.5.